The van der Waals surface area contributed by atoms with E-state index in [9.17, 15) is 4.79 Å². The van der Waals surface area contributed by atoms with E-state index in [4.69, 9.17) is 4.74 Å². The van der Waals surface area contributed by atoms with Gasteiger partial charge in [-0.05, 0) is 26.3 Å². The molecule has 0 unspecified atom stereocenters. The summed E-state index contributed by atoms with van der Waals surface area (Å²) in [6.45, 7) is 6.91. The lowest BCUT2D eigenvalue weighted by Crippen LogP contribution is -2.61. The third-order valence-electron chi connectivity index (χ3n) is 3.86. The number of hydrogen-bond donors (Lipinski definition) is 2. The highest BCUT2D eigenvalue weighted by Crippen LogP contribution is 2.22. The minimum Gasteiger partial charge on any atom is -0.444 e. The van der Waals surface area contributed by atoms with Gasteiger partial charge in [-0.3, -0.25) is 5.32 Å². The second-order valence-electron chi connectivity index (χ2n) is 7.07. The van der Waals surface area contributed by atoms with Crippen LogP contribution in [-0.2, 0) is 4.74 Å². The first-order chi connectivity index (χ1) is 11.4. The van der Waals surface area contributed by atoms with Crippen LogP contribution in [0.4, 0.5) is 4.79 Å². The fourth-order valence-corrected chi connectivity index (χ4v) is 2.71. The van der Waals surface area contributed by atoms with Crippen LogP contribution in [0.25, 0.3) is 0 Å². The van der Waals surface area contributed by atoms with Crippen molar-refractivity contribution < 1.29 is 9.53 Å². The van der Waals surface area contributed by atoms with Crippen LogP contribution in [-0.4, -0.2) is 45.7 Å². The molecule has 1 aliphatic heterocycles. The Kier molecular flexibility index (Phi) is 4.57. The molecule has 0 spiro atoms. The molecular weight excluding hydrogens is 304 g/mol. The van der Waals surface area contributed by atoms with Crippen molar-refractivity contribution in [3.05, 3.63) is 54.1 Å². The minimum absolute atomic E-state index is 0.0213. The zero-order valence-electron chi connectivity index (χ0n) is 14.3. The minimum atomic E-state index is -0.462. The highest BCUT2D eigenvalue weighted by Gasteiger charge is 2.35. The smallest absolute Gasteiger partial charge is 0.410 e. The van der Waals surface area contributed by atoms with Crippen LogP contribution in [0.1, 0.15) is 38.2 Å². The monoisotopic (exact) mass is 328 g/mol. The normalized spacial score (nSPS) is 16.5. The van der Waals surface area contributed by atoms with Gasteiger partial charge >= 0.3 is 6.09 Å². The molecule has 1 fully saturated rings. The summed E-state index contributed by atoms with van der Waals surface area (Å²) in [5.41, 5.74) is 0.680. The molecule has 0 aliphatic carbocycles. The third-order valence-corrected chi connectivity index (χ3v) is 3.86. The number of rotatable bonds is 4. The van der Waals surface area contributed by atoms with E-state index >= 15 is 0 Å². The first-order valence-electron chi connectivity index (χ1n) is 8.20. The van der Waals surface area contributed by atoms with Crippen LogP contribution in [0.5, 0.6) is 0 Å². The number of likely N-dealkylation sites (tertiary alicyclic amines) is 1. The van der Waals surface area contributed by atoms with E-state index in [0.717, 1.165) is 11.4 Å². The summed E-state index contributed by atoms with van der Waals surface area (Å²) in [4.78, 5) is 21.3. The summed E-state index contributed by atoms with van der Waals surface area (Å²) in [6, 6.07) is 10.4. The molecule has 1 aromatic carbocycles. The summed E-state index contributed by atoms with van der Waals surface area (Å²) in [7, 11) is 0. The Morgan fingerprint density at radius 2 is 2.04 bits per heavy atom. The summed E-state index contributed by atoms with van der Waals surface area (Å²) >= 11 is 0. The Labute approximate surface area is 142 Å². The molecule has 2 N–H and O–H groups in total. The summed E-state index contributed by atoms with van der Waals surface area (Å²) < 4.78 is 5.39. The fraction of sp³-hybridized carbons (Fsp3) is 0.444. The first kappa shape index (κ1) is 16.5. The number of benzene rings is 1. The summed E-state index contributed by atoms with van der Waals surface area (Å²) in [5, 5.41) is 3.58. The lowest BCUT2D eigenvalue weighted by Gasteiger charge is -2.41. The van der Waals surface area contributed by atoms with Crippen molar-refractivity contribution in [2.24, 2.45) is 0 Å². The van der Waals surface area contributed by atoms with Gasteiger partial charge in [0.25, 0.3) is 0 Å². The Bertz CT molecular complexity index is 658. The van der Waals surface area contributed by atoms with Crippen LogP contribution in [0, 0.1) is 0 Å². The first-order valence-corrected chi connectivity index (χ1v) is 8.20. The fourth-order valence-electron chi connectivity index (χ4n) is 2.71. The Morgan fingerprint density at radius 1 is 1.33 bits per heavy atom. The van der Waals surface area contributed by atoms with Crippen molar-refractivity contribution in [1.82, 2.24) is 20.2 Å². The number of H-pyrrole nitrogens is 1. The van der Waals surface area contributed by atoms with Gasteiger partial charge in [-0.2, -0.15) is 0 Å². The van der Waals surface area contributed by atoms with Crippen molar-refractivity contribution in [1.29, 1.82) is 0 Å². The van der Waals surface area contributed by atoms with Gasteiger partial charge in [0, 0.05) is 31.5 Å². The predicted octanol–water partition coefficient (Wildman–Crippen LogP) is 2.71. The third kappa shape index (κ3) is 3.94. The van der Waals surface area contributed by atoms with Crippen molar-refractivity contribution >= 4 is 6.09 Å². The largest absolute Gasteiger partial charge is 0.444 e. The summed E-state index contributed by atoms with van der Waals surface area (Å²) in [6.07, 6.45) is 3.32. The molecule has 0 bridgehead atoms. The molecule has 1 aliphatic rings. The van der Waals surface area contributed by atoms with Crippen LogP contribution in [0.15, 0.2) is 42.7 Å². The molecule has 6 heteroatoms. The van der Waals surface area contributed by atoms with E-state index in [0.29, 0.717) is 13.1 Å². The van der Waals surface area contributed by atoms with Gasteiger partial charge in [0.05, 0.1) is 6.04 Å². The van der Waals surface area contributed by atoms with Crippen LogP contribution >= 0.6 is 0 Å². The second-order valence-corrected chi connectivity index (χ2v) is 7.07. The Balaban J connectivity index is 1.61. The maximum Gasteiger partial charge on any atom is 0.410 e. The lowest BCUT2D eigenvalue weighted by molar-refractivity contribution is 0.00452. The van der Waals surface area contributed by atoms with Gasteiger partial charge in [-0.15, -0.1) is 0 Å². The molecule has 128 valence electrons. The second kappa shape index (κ2) is 6.65. The molecule has 0 saturated carbocycles. The molecule has 24 heavy (non-hydrogen) atoms. The maximum absolute atomic E-state index is 12.0. The quantitative estimate of drug-likeness (QED) is 0.905. The number of nitrogens with zero attached hydrogens (tertiary/aromatic N) is 2. The molecule has 2 heterocycles. The van der Waals surface area contributed by atoms with Gasteiger partial charge in [0.2, 0.25) is 0 Å². The lowest BCUT2D eigenvalue weighted by atomic mass is 10.0. The van der Waals surface area contributed by atoms with Gasteiger partial charge in [-0.25, -0.2) is 9.78 Å². The number of imidazole rings is 1. The highest BCUT2D eigenvalue weighted by atomic mass is 16.6. The van der Waals surface area contributed by atoms with E-state index in [1.54, 1.807) is 11.1 Å². The zero-order chi connectivity index (χ0) is 17.2. The molecule has 1 atom stereocenters. The van der Waals surface area contributed by atoms with E-state index in [-0.39, 0.29) is 18.2 Å². The van der Waals surface area contributed by atoms with E-state index < -0.39 is 5.60 Å². The number of amides is 1. The van der Waals surface area contributed by atoms with Gasteiger partial charge in [-0.1, -0.05) is 30.3 Å². The SMILES string of the molecule is CC(C)(C)OC(=O)N1CC(N[C@H](c2ccccc2)c2ncc[nH]2)C1. The van der Waals surface area contributed by atoms with Gasteiger partial charge in [0.1, 0.15) is 11.4 Å². The molecule has 1 aromatic heterocycles. The number of nitrogens with one attached hydrogen (secondary N) is 2. The molecule has 1 amide bonds. The molecule has 1 saturated heterocycles. The maximum atomic E-state index is 12.0. The Morgan fingerprint density at radius 3 is 2.62 bits per heavy atom. The van der Waals surface area contributed by atoms with Crippen molar-refractivity contribution in [2.75, 3.05) is 13.1 Å². The zero-order valence-corrected chi connectivity index (χ0v) is 14.3. The topological polar surface area (TPSA) is 70.2 Å². The van der Waals surface area contributed by atoms with E-state index in [1.807, 2.05) is 45.2 Å². The van der Waals surface area contributed by atoms with E-state index in [1.165, 1.54) is 0 Å². The average molecular weight is 328 g/mol. The van der Waals surface area contributed by atoms with E-state index in [2.05, 4.69) is 27.4 Å². The molecule has 0 radical (unpaired) electrons. The molecular formula is C18H24N4O2. The number of carbonyl (C=O) groups is 1. The van der Waals surface area contributed by atoms with Crippen LogP contribution in [0.2, 0.25) is 0 Å². The standard InChI is InChI=1S/C18H24N4O2/c1-18(2,3)24-17(23)22-11-14(12-22)21-15(16-19-9-10-20-16)13-7-5-4-6-8-13/h4-10,14-15,21H,11-12H2,1-3H3,(H,19,20)/t15-/m1/s1. The van der Waals surface area contributed by atoms with Gasteiger partial charge < -0.3 is 14.6 Å². The molecule has 3 rings (SSSR count). The van der Waals surface area contributed by atoms with Crippen LogP contribution in [0.3, 0.4) is 0 Å². The predicted molar refractivity (Wildman–Crippen MR) is 91.6 cm³/mol. The number of carbonyl (C=O) groups excluding carboxylic acids is 1. The number of hydrogen-bond acceptors (Lipinski definition) is 4. The van der Waals surface area contributed by atoms with Gasteiger partial charge in [0.15, 0.2) is 0 Å². The molecule has 2 aromatic rings. The summed E-state index contributed by atoms with van der Waals surface area (Å²) in [5.74, 6) is 0.872. The van der Waals surface area contributed by atoms with Crippen molar-refractivity contribution in [3.8, 4) is 0 Å². The van der Waals surface area contributed by atoms with Crippen molar-refractivity contribution in [3.63, 3.8) is 0 Å². The number of aromatic nitrogens is 2. The average Bonchev–Trinajstić information content (AvgIpc) is 2.99. The molecule has 6 nitrogen and oxygen atoms in total. The number of ether oxygens (including phenoxy) is 1. The van der Waals surface area contributed by atoms with Crippen molar-refractivity contribution in [2.45, 2.75) is 38.5 Å². The highest BCUT2D eigenvalue weighted by molar-refractivity contribution is 5.69. The number of aromatic amines is 1. The Hall–Kier alpha value is -2.34. The van der Waals surface area contributed by atoms with Crippen LogP contribution < -0.4 is 5.32 Å².